The van der Waals surface area contributed by atoms with Gasteiger partial charge in [0.2, 0.25) is 0 Å². The van der Waals surface area contributed by atoms with Gasteiger partial charge < -0.3 is 4.74 Å². The van der Waals surface area contributed by atoms with E-state index in [0.717, 1.165) is 30.5 Å². The lowest BCUT2D eigenvalue weighted by molar-refractivity contribution is 0.0517. The van der Waals surface area contributed by atoms with Crippen molar-refractivity contribution in [3.63, 3.8) is 0 Å². The van der Waals surface area contributed by atoms with Crippen LogP contribution >= 0.6 is 11.6 Å². The first-order valence-corrected chi connectivity index (χ1v) is 7.23. The molecule has 110 valence electrons. The van der Waals surface area contributed by atoms with Crippen molar-refractivity contribution >= 4 is 17.6 Å². The van der Waals surface area contributed by atoms with E-state index < -0.39 is 11.8 Å². The number of carbonyl (C=O) groups is 1. The summed E-state index contributed by atoms with van der Waals surface area (Å²) in [7, 11) is 0. The minimum atomic E-state index is -0.461. The number of hydrogen-bond acceptors (Lipinski definition) is 3. The van der Waals surface area contributed by atoms with E-state index >= 15 is 0 Å². The zero-order chi connectivity index (χ0) is 15.0. The minimum Gasteiger partial charge on any atom is -0.461 e. The maximum Gasteiger partial charge on any atom is 0.359 e. The van der Waals surface area contributed by atoms with Crippen molar-refractivity contribution in [2.75, 3.05) is 6.61 Å². The van der Waals surface area contributed by atoms with Gasteiger partial charge in [0.25, 0.3) is 0 Å². The topological polar surface area (TPSA) is 44.1 Å². The predicted molar refractivity (Wildman–Crippen MR) is 76.5 cm³/mol. The monoisotopic (exact) mass is 308 g/mol. The van der Waals surface area contributed by atoms with Crippen LogP contribution in [0.1, 0.15) is 35.1 Å². The highest BCUT2D eigenvalue weighted by Crippen LogP contribution is 2.30. The highest BCUT2D eigenvalue weighted by Gasteiger charge is 2.28. The van der Waals surface area contributed by atoms with Gasteiger partial charge in [0.1, 0.15) is 11.5 Å². The molecule has 0 N–H and O–H groups in total. The molecule has 0 saturated heterocycles. The Morgan fingerprint density at radius 3 is 3.05 bits per heavy atom. The van der Waals surface area contributed by atoms with Crippen LogP contribution in [0.4, 0.5) is 4.39 Å². The van der Waals surface area contributed by atoms with Gasteiger partial charge in [-0.05, 0) is 44.4 Å². The summed E-state index contributed by atoms with van der Waals surface area (Å²) in [6, 6.07) is 4.29. The number of aromatic nitrogens is 2. The lowest BCUT2D eigenvalue weighted by Crippen LogP contribution is -2.09. The molecular formula is C15H14ClFN2O2. The van der Waals surface area contributed by atoms with Crippen LogP contribution in [-0.2, 0) is 17.6 Å². The molecule has 3 rings (SSSR count). The Morgan fingerprint density at radius 2 is 2.29 bits per heavy atom. The van der Waals surface area contributed by atoms with Crippen LogP contribution in [0.25, 0.3) is 5.69 Å². The lowest BCUT2D eigenvalue weighted by Gasteiger charge is -2.07. The van der Waals surface area contributed by atoms with E-state index in [1.54, 1.807) is 6.92 Å². The normalized spacial score (nSPS) is 13.3. The van der Waals surface area contributed by atoms with Crippen LogP contribution in [0.3, 0.4) is 0 Å². The second-order valence-corrected chi connectivity index (χ2v) is 5.29. The lowest BCUT2D eigenvalue weighted by atomic mass is 10.2. The number of benzene rings is 1. The van der Waals surface area contributed by atoms with E-state index in [9.17, 15) is 9.18 Å². The van der Waals surface area contributed by atoms with E-state index in [4.69, 9.17) is 16.3 Å². The fraction of sp³-hybridized carbons (Fsp3) is 0.333. The number of hydrogen-bond donors (Lipinski definition) is 0. The molecule has 0 saturated carbocycles. The highest BCUT2D eigenvalue weighted by atomic mass is 35.5. The molecular weight excluding hydrogens is 295 g/mol. The number of halogens is 2. The third-order valence-electron chi connectivity index (χ3n) is 3.54. The average molecular weight is 309 g/mol. The summed E-state index contributed by atoms with van der Waals surface area (Å²) in [5.41, 5.74) is 2.26. The molecule has 0 fully saturated rings. The quantitative estimate of drug-likeness (QED) is 0.817. The number of esters is 1. The molecule has 6 heteroatoms. The number of ether oxygens (including phenoxy) is 1. The van der Waals surface area contributed by atoms with Gasteiger partial charge in [0.05, 0.1) is 6.61 Å². The molecule has 1 aromatic carbocycles. The van der Waals surface area contributed by atoms with Crippen LogP contribution in [0.5, 0.6) is 0 Å². The van der Waals surface area contributed by atoms with Crippen molar-refractivity contribution < 1.29 is 13.9 Å². The molecule has 2 aromatic rings. The van der Waals surface area contributed by atoms with Crippen LogP contribution in [0.15, 0.2) is 18.2 Å². The molecule has 21 heavy (non-hydrogen) atoms. The van der Waals surface area contributed by atoms with E-state index in [-0.39, 0.29) is 18.0 Å². The van der Waals surface area contributed by atoms with Crippen LogP contribution in [0.2, 0.25) is 5.02 Å². The SMILES string of the molecule is CCOC(=O)c1nn(-c2cc(Cl)ccc2F)c2c1CCC2. The second kappa shape index (κ2) is 5.48. The predicted octanol–water partition coefficient (Wildman–Crippen LogP) is 3.33. The second-order valence-electron chi connectivity index (χ2n) is 4.86. The van der Waals surface area contributed by atoms with Crippen molar-refractivity contribution in [2.24, 2.45) is 0 Å². The van der Waals surface area contributed by atoms with Crippen molar-refractivity contribution in [3.05, 3.63) is 46.0 Å². The Bertz CT molecular complexity index is 712. The first-order chi connectivity index (χ1) is 10.1. The molecule has 0 unspecified atom stereocenters. The fourth-order valence-corrected chi connectivity index (χ4v) is 2.81. The van der Waals surface area contributed by atoms with Gasteiger partial charge in [-0.15, -0.1) is 0 Å². The van der Waals surface area contributed by atoms with Gasteiger partial charge in [0.15, 0.2) is 5.69 Å². The maximum absolute atomic E-state index is 14.0. The van der Waals surface area contributed by atoms with Crippen molar-refractivity contribution in [2.45, 2.75) is 26.2 Å². The van der Waals surface area contributed by atoms with Gasteiger partial charge in [-0.1, -0.05) is 11.6 Å². The summed E-state index contributed by atoms with van der Waals surface area (Å²) < 4.78 is 20.6. The van der Waals surface area contributed by atoms with Crippen LogP contribution in [-0.4, -0.2) is 22.4 Å². The Hall–Kier alpha value is -1.88. The summed E-state index contributed by atoms with van der Waals surface area (Å²) in [5.74, 6) is -0.885. The van der Waals surface area contributed by atoms with Crippen molar-refractivity contribution in [1.29, 1.82) is 0 Å². The van der Waals surface area contributed by atoms with Crippen LogP contribution in [0, 0.1) is 5.82 Å². The van der Waals surface area contributed by atoms with Gasteiger partial charge >= 0.3 is 5.97 Å². The molecule has 0 bridgehead atoms. The molecule has 1 aromatic heterocycles. The fourth-order valence-electron chi connectivity index (χ4n) is 2.65. The molecule has 0 amide bonds. The molecule has 0 radical (unpaired) electrons. The Kier molecular flexibility index (Phi) is 3.68. The first kappa shape index (κ1) is 14.1. The average Bonchev–Trinajstić information content (AvgIpc) is 3.03. The third kappa shape index (κ3) is 2.42. The van der Waals surface area contributed by atoms with E-state index in [1.165, 1.54) is 22.9 Å². The number of rotatable bonds is 3. The van der Waals surface area contributed by atoms with Crippen molar-refractivity contribution in [1.82, 2.24) is 9.78 Å². The summed E-state index contributed by atoms with van der Waals surface area (Å²) >= 11 is 5.94. The Morgan fingerprint density at radius 1 is 1.48 bits per heavy atom. The standard InChI is InChI=1S/C15H14ClFN2O2/c1-2-21-15(20)14-10-4-3-5-12(10)19(18-14)13-8-9(16)6-7-11(13)17/h6-8H,2-5H2,1H3. The van der Waals surface area contributed by atoms with Gasteiger partial charge in [-0.3, -0.25) is 0 Å². The van der Waals surface area contributed by atoms with E-state index in [0.29, 0.717) is 5.02 Å². The number of fused-ring (bicyclic) bond motifs is 1. The van der Waals surface area contributed by atoms with Gasteiger partial charge in [-0.25, -0.2) is 13.9 Å². The maximum atomic E-state index is 14.0. The first-order valence-electron chi connectivity index (χ1n) is 6.85. The Balaban J connectivity index is 2.14. The Labute approximate surface area is 126 Å². The third-order valence-corrected chi connectivity index (χ3v) is 3.77. The van der Waals surface area contributed by atoms with Crippen molar-refractivity contribution in [3.8, 4) is 5.69 Å². The summed E-state index contributed by atoms with van der Waals surface area (Å²) in [6.45, 7) is 2.03. The summed E-state index contributed by atoms with van der Waals surface area (Å²) in [6.07, 6.45) is 2.43. The summed E-state index contributed by atoms with van der Waals surface area (Å²) in [5, 5.41) is 4.69. The largest absolute Gasteiger partial charge is 0.461 e. The van der Waals surface area contributed by atoms with Crippen LogP contribution < -0.4 is 0 Å². The molecule has 0 aliphatic heterocycles. The number of nitrogens with zero attached hydrogens (tertiary/aromatic N) is 2. The molecule has 0 spiro atoms. The zero-order valence-corrected chi connectivity index (χ0v) is 12.3. The zero-order valence-electron chi connectivity index (χ0n) is 11.5. The smallest absolute Gasteiger partial charge is 0.359 e. The molecule has 1 aliphatic rings. The van der Waals surface area contributed by atoms with E-state index in [2.05, 4.69) is 5.10 Å². The molecule has 0 atom stereocenters. The van der Waals surface area contributed by atoms with E-state index in [1.807, 2.05) is 0 Å². The van der Waals surface area contributed by atoms with Gasteiger partial charge in [-0.2, -0.15) is 5.10 Å². The van der Waals surface area contributed by atoms with Gasteiger partial charge in [0, 0.05) is 16.3 Å². The highest BCUT2D eigenvalue weighted by molar-refractivity contribution is 6.30. The molecule has 4 nitrogen and oxygen atoms in total. The number of carbonyl (C=O) groups excluding carboxylic acids is 1. The molecule has 1 heterocycles. The minimum absolute atomic E-state index is 0.260. The molecule has 1 aliphatic carbocycles. The summed E-state index contributed by atoms with van der Waals surface area (Å²) in [4.78, 5) is 12.0.